The molecule has 0 aliphatic rings. The number of hydrogen-bond acceptors (Lipinski definition) is 5. The Morgan fingerprint density at radius 3 is 2.94 bits per heavy atom. The number of hydrogen-bond donors (Lipinski definition) is 1. The molecule has 0 saturated heterocycles. The average molecular weight is 258 g/mol. The van der Waals surface area contributed by atoms with Crippen molar-refractivity contribution in [3.63, 3.8) is 0 Å². The van der Waals surface area contributed by atoms with Crippen molar-refractivity contribution in [1.29, 1.82) is 0 Å². The van der Waals surface area contributed by atoms with Crippen LogP contribution in [0.4, 0.5) is 0 Å². The van der Waals surface area contributed by atoms with Crippen LogP contribution in [0, 0.1) is 6.92 Å². The van der Waals surface area contributed by atoms with E-state index >= 15 is 0 Å². The standard InChI is InChI=1S/C11H18N2O3S/c1-8-7-17-11(12-8)9(2)13-10(14)6-16-5-4-15-3/h7,9H,4-6H2,1-3H3,(H,13,14). The Morgan fingerprint density at radius 1 is 1.59 bits per heavy atom. The fourth-order valence-corrected chi connectivity index (χ4v) is 2.03. The number of thiazole rings is 1. The van der Waals surface area contributed by atoms with Gasteiger partial charge in [-0.25, -0.2) is 4.98 Å². The van der Waals surface area contributed by atoms with Crippen molar-refractivity contribution < 1.29 is 14.3 Å². The molecule has 1 aromatic rings. The number of aromatic nitrogens is 1. The van der Waals surface area contributed by atoms with Gasteiger partial charge in [-0.1, -0.05) is 0 Å². The van der Waals surface area contributed by atoms with Crippen molar-refractivity contribution in [2.24, 2.45) is 0 Å². The molecule has 0 fully saturated rings. The molecule has 0 aliphatic heterocycles. The van der Waals surface area contributed by atoms with Gasteiger partial charge in [-0.05, 0) is 13.8 Å². The molecule has 0 bridgehead atoms. The van der Waals surface area contributed by atoms with Crippen LogP contribution in [-0.4, -0.2) is 37.8 Å². The fourth-order valence-electron chi connectivity index (χ4n) is 1.22. The van der Waals surface area contributed by atoms with Crippen LogP contribution in [0.5, 0.6) is 0 Å². The molecule has 1 unspecified atom stereocenters. The van der Waals surface area contributed by atoms with Crippen LogP contribution in [0.3, 0.4) is 0 Å². The Morgan fingerprint density at radius 2 is 2.35 bits per heavy atom. The minimum Gasteiger partial charge on any atom is -0.382 e. The first-order valence-corrected chi connectivity index (χ1v) is 6.29. The highest BCUT2D eigenvalue weighted by atomic mass is 32.1. The van der Waals surface area contributed by atoms with Gasteiger partial charge in [0.15, 0.2) is 0 Å². The maximum Gasteiger partial charge on any atom is 0.246 e. The summed E-state index contributed by atoms with van der Waals surface area (Å²) in [5.41, 5.74) is 0.974. The summed E-state index contributed by atoms with van der Waals surface area (Å²) >= 11 is 1.54. The van der Waals surface area contributed by atoms with Gasteiger partial charge in [-0.3, -0.25) is 4.79 Å². The van der Waals surface area contributed by atoms with Gasteiger partial charge in [0.05, 0.1) is 19.3 Å². The lowest BCUT2D eigenvalue weighted by Crippen LogP contribution is -2.30. The average Bonchev–Trinajstić information content (AvgIpc) is 2.71. The maximum absolute atomic E-state index is 11.5. The number of carbonyl (C=O) groups is 1. The van der Waals surface area contributed by atoms with Crippen LogP contribution in [0.1, 0.15) is 23.7 Å². The SMILES string of the molecule is COCCOCC(=O)NC(C)c1nc(C)cs1. The van der Waals surface area contributed by atoms with Crippen molar-refractivity contribution in [2.75, 3.05) is 26.9 Å². The molecule has 6 heteroatoms. The van der Waals surface area contributed by atoms with Crippen molar-refractivity contribution in [3.05, 3.63) is 16.1 Å². The molecule has 0 radical (unpaired) electrons. The first kappa shape index (κ1) is 14.1. The van der Waals surface area contributed by atoms with Crippen LogP contribution >= 0.6 is 11.3 Å². The number of amides is 1. The number of rotatable bonds is 7. The van der Waals surface area contributed by atoms with E-state index in [1.165, 1.54) is 0 Å². The Hall–Kier alpha value is -0.980. The Balaban J connectivity index is 2.26. The van der Waals surface area contributed by atoms with E-state index in [-0.39, 0.29) is 18.6 Å². The van der Waals surface area contributed by atoms with Crippen LogP contribution in [0.25, 0.3) is 0 Å². The molecule has 0 aromatic carbocycles. The highest BCUT2D eigenvalue weighted by Gasteiger charge is 2.12. The highest BCUT2D eigenvalue weighted by Crippen LogP contribution is 2.16. The van der Waals surface area contributed by atoms with Crippen molar-refractivity contribution in [3.8, 4) is 0 Å². The molecule has 0 spiro atoms. The summed E-state index contributed by atoms with van der Waals surface area (Å²) in [6, 6.07) is -0.0766. The molecule has 1 atom stereocenters. The fraction of sp³-hybridized carbons (Fsp3) is 0.636. The van der Waals surface area contributed by atoms with E-state index in [1.807, 2.05) is 19.2 Å². The van der Waals surface area contributed by atoms with E-state index < -0.39 is 0 Å². The van der Waals surface area contributed by atoms with Gasteiger partial charge in [-0.2, -0.15) is 0 Å². The molecule has 1 rings (SSSR count). The summed E-state index contributed by atoms with van der Waals surface area (Å²) in [5.74, 6) is -0.138. The second-order valence-electron chi connectivity index (χ2n) is 3.66. The predicted molar refractivity (Wildman–Crippen MR) is 66.1 cm³/mol. The van der Waals surface area contributed by atoms with Gasteiger partial charge < -0.3 is 14.8 Å². The minimum atomic E-state index is -0.138. The van der Waals surface area contributed by atoms with Crippen LogP contribution in [-0.2, 0) is 14.3 Å². The molecule has 1 heterocycles. The van der Waals surface area contributed by atoms with Crippen LogP contribution < -0.4 is 5.32 Å². The van der Waals surface area contributed by atoms with Gasteiger partial charge in [0, 0.05) is 18.2 Å². The zero-order valence-electron chi connectivity index (χ0n) is 10.4. The van der Waals surface area contributed by atoms with E-state index in [4.69, 9.17) is 9.47 Å². The number of aryl methyl sites for hydroxylation is 1. The van der Waals surface area contributed by atoms with Gasteiger partial charge >= 0.3 is 0 Å². The Kier molecular flexibility index (Phi) is 6.10. The lowest BCUT2D eigenvalue weighted by atomic mass is 10.3. The third kappa shape index (κ3) is 5.25. The largest absolute Gasteiger partial charge is 0.382 e. The molecule has 1 N–H and O–H groups in total. The Labute approximate surface area is 105 Å². The van der Waals surface area contributed by atoms with Crippen molar-refractivity contribution >= 4 is 17.2 Å². The number of nitrogens with zero attached hydrogens (tertiary/aromatic N) is 1. The second-order valence-corrected chi connectivity index (χ2v) is 4.55. The normalized spacial score (nSPS) is 12.4. The quantitative estimate of drug-likeness (QED) is 0.749. The number of nitrogens with one attached hydrogen (secondary N) is 1. The van der Waals surface area contributed by atoms with E-state index in [0.29, 0.717) is 13.2 Å². The molecule has 0 saturated carbocycles. The smallest absolute Gasteiger partial charge is 0.246 e. The van der Waals surface area contributed by atoms with Gasteiger partial charge in [0.25, 0.3) is 0 Å². The summed E-state index contributed by atoms with van der Waals surface area (Å²) in [6.45, 7) is 4.81. The topological polar surface area (TPSA) is 60.5 Å². The monoisotopic (exact) mass is 258 g/mol. The van der Waals surface area contributed by atoms with E-state index in [9.17, 15) is 4.79 Å². The van der Waals surface area contributed by atoms with Crippen molar-refractivity contribution in [1.82, 2.24) is 10.3 Å². The third-order valence-electron chi connectivity index (χ3n) is 2.05. The molecule has 17 heavy (non-hydrogen) atoms. The summed E-state index contributed by atoms with van der Waals surface area (Å²) < 4.78 is 9.94. The van der Waals surface area contributed by atoms with Crippen molar-refractivity contribution in [2.45, 2.75) is 19.9 Å². The molecule has 1 amide bonds. The molecule has 1 aromatic heterocycles. The first-order valence-electron chi connectivity index (χ1n) is 5.41. The first-order chi connectivity index (χ1) is 8.13. The molecule has 0 aliphatic carbocycles. The second kappa shape index (κ2) is 7.37. The third-order valence-corrected chi connectivity index (χ3v) is 3.19. The number of ether oxygens (including phenoxy) is 2. The van der Waals surface area contributed by atoms with Gasteiger partial charge in [0.2, 0.25) is 5.91 Å². The summed E-state index contributed by atoms with van der Waals surface area (Å²) in [7, 11) is 1.59. The summed E-state index contributed by atoms with van der Waals surface area (Å²) in [5, 5.41) is 5.70. The molecular formula is C11H18N2O3S. The van der Waals surface area contributed by atoms with Crippen LogP contribution in [0.15, 0.2) is 5.38 Å². The number of methoxy groups -OCH3 is 1. The highest BCUT2D eigenvalue weighted by molar-refractivity contribution is 7.09. The van der Waals surface area contributed by atoms with E-state index in [2.05, 4.69) is 10.3 Å². The molecule has 5 nitrogen and oxygen atoms in total. The molecular weight excluding hydrogens is 240 g/mol. The summed E-state index contributed by atoms with van der Waals surface area (Å²) in [4.78, 5) is 15.8. The van der Waals surface area contributed by atoms with Gasteiger partial charge in [-0.15, -0.1) is 11.3 Å². The zero-order chi connectivity index (χ0) is 12.7. The lowest BCUT2D eigenvalue weighted by molar-refractivity contribution is -0.126. The lowest BCUT2D eigenvalue weighted by Gasteiger charge is -2.11. The van der Waals surface area contributed by atoms with E-state index in [1.54, 1.807) is 18.4 Å². The predicted octanol–water partition coefficient (Wildman–Crippen LogP) is 1.29. The minimum absolute atomic E-state index is 0.0536. The summed E-state index contributed by atoms with van der Waals surface area (Å²) in [6.07, 6.45) is 0. The van der Waals surface area contributed by atoms with Crippen LogP contribution in [0.2, 0.25) is 0 Å². The zero-order valence-corrected chi connectivity index (χ0v) is 11.2. The molecule has 96 valence electrons. The number of carbonyl (C=O) groups excluding carboxylic acids is 1. The van der Waals surface area contributed by atoms with Gasteiger partial charge in [0.1, 0.15) is 11.6 Å². The maximum atomic E-state index is 11.5. The van der Waals surface area contributed by atoms with E-state index in [0.717, 1.165) is 10.7 Å². The Bertz CT molecular complexity index is 354.